The van der Waals surface area contributed by atoms with Gasteiger partial charge in [0, 0.05) is 35.8 Å². The van der Waals surface area contributed by atoms with Crippen LogP contribution in [-0.2, 0) is 25.8 Å². The van der Waals surface area contributed by atoms with E-state index in [2.05, 4.69) is 20.5 Å². The van der Waals surface area contributed by atoms with Crippen molar-refractivity contribution < 1.29 is 48.2 Å². The molecular formula is C37H40FN5O10. The Morgan fingerprint density at radius 3 is 2.43 bits per heavy atom. The third-order valence-electron chi connectivity index (χ3n) is 7.65. The van der Waals surface area contributed by atoms with Crippen LogP contribution in [0.25, 0.3) is 16.6 Å². The number of anilines is 1. The van der Waals surface area contributed by atoms with E-state index >= 15 is 4.39 Å². The highest BCUT2D eigenvalue weighted by Crippen LogP contribution is 2.33. The second-order valence-corrected chi connectivity index (χ2v) is 11.5. The Kier molecular flexibility index (Phi) is 14.2. The lowest BCUT2D eigenvalue weighted by molar-refractivity contribution is -0.242. The van der Waals surface area contributed by atoms with Crippen molar-refractivity contribution in [2.75, 3.05) is 32.6 Å². The van der Waals surface area contributed by atoms with Gasteiger partial charge in [-0.15, -0.1) is 0 Å². The molecule has 0 saturated heterocycles. The lowest BCUT2D eigenvalue weighted by atomic mass is 10.2. The van der Waals surface area contributed by atoms with Crippen LogP contribution in [0.3, 0.4) is 0 Å². The van der Waals surface area contributed by atoms with Crippen molar-refractivity contribution in [2.45, 2.75) is 39.3 Å². The number of carboxylic acids is 1. The van der Waals surface area contributed by atoms with Crippen molar-refractivity contribution >= 4 is 34.4 Å². The summed E-state index contributed by atoms with van der Waals surface area (Å²) in [6.07, 6.45) is 1.34. The number of aromatic nitrogens is 3. The van der Waals surface area contributed by atoms with Crippen LogP contribution in [0.1, 0.15) is 35.8 Å². The number of para-hydroxylation sites is 1. The number of carbonyl (C=O) groups excluding carboxylic acids is 2. The molecule has 16 heteroatoms. The van der Waals surface area contributed by atoms with Crippen molar-refractivity contribution in [3.8, 4) is 22.9 Å². The first-order valence-electron chi connectivity index (χ1n) is 16.4. The molecule has 53 heavy (non-hydrogen) atoms. The number of benzene rings is 3. The van der Waals surface area contributed by atoms with Gasteiger partial charge in [-0.3, -0.25) is 34.1 Å². The topological polar surface area (TPSA) is 192 Å². The van der Waals surface area contributed by atoms with E-state index in [1.165, 1.54) is 16.8 Å². The number of pyridine rings is 1. The largest absolute Gasteiger partial charge is 0.497 e. The minimum absolute atomic E-state index is 0.0307. The maximum Gasteiger partial charge on any atom is 0.320 e. The highest BCUT2D eigenvalue weighted by molar-refractivity contribution is 6.05. The molecule has 280 valence electrons. The molecule has 0 bridgehead atoms. The molecule has 0 aliphatic carbocycles. The molecule has 0 saturated carbocycles. The average Bonchev–Trinajstić information content (AvgIpc) is 3.37. The summed E-state index contributed by atoms with van der Waals surface area (Å²) in [6.45, 7) is 3.56. The standard InChI is InChI=1S/C33H32FN5O6.C4H8O4/c1-20(44-30(40)18-35-3)19-38-21(2)31(33(42)39(38)23-8-6-5-7-9-23)32(41)37-22-10-13-29(26(34)16-22)45-28-14-15-36-27-17-24(43-4)11-12-25(27)28;5-4(6)2-1-3-8-7/h5-17,20,35H,18-19H2,1-4H3,(H,37,41);7H,1-3H2,(H,5,6)/t20-;/m1./s1. The van der Waals surface area contributed by atoms with Gasteiger partial charge in [-0.05, 0) is 69.8 Å². The van der Waals surface area contributed by atoms with Gasteiger partial charge in [0.25, 0.3) is 11.5 Å². The first-order valence-corrected chi connectivity index (χ1v) is 16.4. The van der Waals surface area contributed by atoms with E-state index in [1.54, 1.807) is 93.5 Å². The summed E-state index contributed by atoms with van der Waals surface area (Å²) in [7, 11) is 3.19. The highest BCUT2D eigenvalue weighted by Gasteiger charge is 2.26. The molecular weight excluding hydrogens is 693 g/mol. The Bertz CT molecular complexity index is 2100. The minimum Gasteiger partial charge on any atom is -0.497 e. The average molecular weight is 734 g/mol. The Balaban J connectivity index is 0.000000703. The van der Waals surface area contributed by atoms with Crippen LogP contribution in [0.5, 0.6) is 17.2 Å². The molecule has 0 aliphatic heterocycles. The molecule has 0 unspecified atom stereocenters. The van der Waals surface area contributed by atoms with Gasteiger partial charge in [-0.25, -0.2) is 14.0 Å². The summed E-state index contributed by atoms with van der Waals surface area (Å²) in [6, 6.07) is 19.7. The molecule has 3 aromatic carbocycles. The minimum atomic E-state index is -0.873. The van der Waals surface area contributed by atoms with E-state index in [-0.39, 0.29) is 43.1 Å². The number of esters is 1. The van der Waals surface area contributed by atoms with Crippen molar-refractivity contribution in [1.29, 1.82) is 0 Å². The Morgan fingerprint density at radius 1 is 1.02 bits per heavy atom. The van der Waals surface area contributed by atoms with Gasteiger partial charge < -0.3 is 30.0 Å². The number of nitrogens with one attached hydrogen (secondary N) is 2. The van der Waals surface area contributed by atoms with Crippen LogP contribution in [-0.4, -0.2) is 76.0 Å². The molecule has 4 N–H and O–H groups in total. The predicted octanol–water partition coefficient (Wildman–Crippen LogP) is 5.18. The van der Waals surface area contributed by atoms with Gasteiger partial charge in [0.15, 0.2) is 11.6 Å². The second kappa shape index (κ2) is 18.9. The van der Waals surface area contributed by atoms with E-state index < -0.39 is 35.3 Å². The van der Waals surface area contributed by atoms with Crippen LogP contribution < -0.4 is 25.7 Å². The van der Waals surface area contributed by atoms with E-state index in [0.29, 0.717) is 40.2 Å². The molecule has 1 amide bonds. The number of halogens is 1. The number of rotatable bonds is 15. The summed E-state index contributed by atoms with van der Waals surface area (Å²) in [5.41, 5.74) is 0.901. The fourth-order valence-corrected chi connectivity index (χ4v) is 5.23. The number of hydrogen-bond acceptors (Lipinski definition) is 11. The lowest BCUT2D eigenvalue weighted by Gasteiger charge is -2.18. The van der Waals surface area contributed by atoms with E-state index in [9.17, 15) is 19.2 Å². The number of carboxylic acid groups (broad SMARTS) is 1. The van der Waals surface area contributed by atoms with Crippen molar-refractivity contribution in [3.05, 3.63) is 106 Å². The third-order valence-corrected chi connectivity index (χ3v) is 7.65. The fraction of sp³-hybridized carbons (Fsp3) is 0.270. The SMILES string of the molecule is CNCC(=O)O[C@H](C)Cn1c(C)c(C(=O)Nc2ccc(Oc3ccnc4cc(OC)ccc34)c(F)c2)c(=O)n1-c1ccccc1.O=C(O)CCCOO. The zero-order valence-corrected chi connectivity index (χ0v) is 29.5. The molecule has 1 atom stereocenters. The second-order valence-electron chi connectivity index (χ2n) is 11.5. The number of fused-ring (bicyclic) bond motifs is 1. The maximum absolute atomic E-state index is 15.2. The fourth-order valence-electron chi connectivity index (χ4n) is 5.23. The lowest BCUT2D eigenvalue weighted by Crippen LogP contribution is -2.30. The monoisotopic (exact) mass is 733 g/mol. The summed E-state index contributed by atoms with van der Waals surface area (Å²) in [4.78, 5) is 56.9. The highest BCUT2D eigenvalue weighted by atomic mass is 19.1. The van der Waals surface area contributed by atoms with Gasteiger partial charge >= 0.3 is 11.9 Å². The molecule has 0 fully saturated rings. The van der Waals surface area contributed by atoms with E-state index in [1.807, 2.05) is 0 Å². The van der Waals surface area contributed by atoms with Crippen LogP contribution in [0.4, 0.5) is 10.1 Å². The summed E-state index contributed by atoms with van der Waals surface area (Å²) < 4.78 is 34.7. The van der Waals surface area contributed by atoms with Gasteiger partial charge in [0.05, 0.1) is 43.7 Å². The molecule has 0 spiro atoms. The molecule has 2 aromatic heterocycles. The summed E-state index contributed by atoms with van der Waals surface area (Å²) in [5, 5.41) is 21.7. The van der Waals surface area contributed by atoms with E-state index in [0.717, 1.165) is 6.07 Å². The molecule has 2 heterocycles. The quantitative estimate of drug-likeness (QED) is 0.0478. The normalized spacial score (nSPS) is 11.3. The Labute approximate surface area is 303 Å². The van der Waals surface area contributed by atoms with Gasteiger partial charge in [0.2, 0.25) is 0 Å². The molecule has 5 aromatic rings. The number of hydrogen-bond donors (Lipinski definition) is 4. The number of carbonyl (C=O) groups is 3. The predicted molar refractivity (Wildman–Crippen MR) is 192 cm³/mol. The van der Waals surface area contributed by atoms with E-state index in [4.69, 9.17) is 24.6 Å². The molecule has 15 nitrogen and oxygen atoms in total. The van der Waals surface area contributed by atoms with Crippen molar-refractivity contribution in [1.82, 2.24) is 19.7 Å². The van der Waals surface area contributed by atoms with Crippen molar-refractivity contribution in [2.24, 2.45) is 0 Å². The number of methoxy groups -OCH3 is 1. The van der Waals surface area contributed by atoms with Crippen LogP contribution >= 0.6 is 0 Å². The first kappa shape index (κ1) is 39.7. The van der Waals surface area contributed by atoms with Crippen LogP contribution in [0.2, 0.25) is 0 Å². The van der Waals surface area contributed by atoms with Crippen LogP contribution in [0.15, 0.2) is 83.8 Å². The van der Waals surface area contributed by atoms with Gasteiger partial charge in [-0.2, -0.15) is 0 Å². The smallest absolute Gasteiger partial charge is 0.320 e. The molecule has 5 rings (SSSR count). The number of amides is 1. The zero-order valence-electron chi connectivity index (χ0n) is 29.5. The number of aliphatic carboxylic acids is 1. The zero-order chi connectivity index (χ0) is 38.5. The third kappa shape index (κ3) is 10.5. The Hall–Kier alpha value is -6.10. The number of ether oxygens (including phenoxy) is 3. The number of nitrogens with zero attached hydrogens (tertiary/aromatic N) is 3. The first-order chi connectivity index (χ1) is 25.5. The maximum atomic E-state index is 15.2. The number of likely N-dealkylation sites (N-methyl/N-ethyl adjacent to an activating group) is 1. The van der Waals surface area contributed by atoms with Gasteiger partial charge in [0.1, 0.15) is 23.2 Å². The molecule has 0 aliphatic rings. The van der Waals surface area contributed by atoms with Crippen LogP contribution in [0, 0.1) is 12.7 Å². The summed E-state index contributed by atoms with van der Waals surface area (Å²) >= 11 is 0. The van der Waals surface area contributed by atoms with Gasteiger partial charge in [-0.1, -0.05) is 18.2 Å². The Morgan fingerprint density at radius 2 is 1.77 bits per heavy atom. The summed E-state index contributed by atoms with van der Waals surface area (Å²) in [5.74, 6) is -1.81. The van der Waals surface area contributed by atoms with Crippen molar-refractivity contribution in [3.63, 3.8) is 0 Å². The molecule has 0 radical (unpaired) electrons.